The molecular formula is C22H19BrN4. The van der Waals surface area contributed by atoms with E-state index in [2.05, 4.69) is 68.0 Å². The molecule has 1 aromatic heterocycles. The lowest BCUT2D eigenvalue weighted by Crippen LogP contribution is -2.49. The van der Waals surface area contributed by atoms with Gasteiger partial charge in [-0.1, -0.05) is 22.0 Å². The van der Waals surface area contributed by atoms with Gasteiger partial charge in [0.15, 0.2) is 0 Å². The molecule has 4 nitrogen and oxygen atoms in total. The number of hydrogen-bond acceptors (Lipinski definition) is 4. The van der Waals surface area contributed by atoms with Crippen molar-refractivity contribution < 1.29 is 0 Å². The van der Waals surface area contributed by atoms with Gasteiger partial charge in [-0.05, 0) is 54.8 Å². The largest absolute Gasteiger partial charge is 0.364 e. The van der Waals surface area contributed by atoms with E-state index in [9.17, 15) is 5.26 Å². The van der Waals surface area contributed by atoms with Gasteiger partial charge in [0.2, 0.25) is 0 Å². The van der Waals surface area contributed by atoms with Crippen LogP contribution >= 0.6 is 15.9 Å². The minimum atomic E-state index is 0.439. The lowest BCUT2D eigenvalue weighted by Gasteiger charge is -2.42. The molecule has 5 heteroatoms. The number of anilines is 1. The van der Waals surface area contributed by atoms with Gasteiger partial charge in [-0.3, -0.25) is 4.98 Å². The summed E-state index contributed by atoms with van der Waals surface area (Å²) >= 11 is 3.63. The number of halogens is 1. The minimum absolute atomic E-state index is 0.439. The summed E-state index contributed by atoms with van der Waals surface area (Å²) in [7, 11) is 0. The molecule has 1 aliphatic carbocycles. The maximum Gasteiger partial charge on any atom is 0.101 e. The van der Waals surface area contributed by atoms with Crippen LogP contribution in [0.3, 0.4) is 0 Å². The standard InChI is InChI=1S/C22H19BrN4/c1-14-11-26(13-21-18-6-5-17(23)9-16(18)12-27(14)21)20-7-4-15(10-24)22-19(20)3-2-8-25-22/h2-5,7-9,14H,6,11-13H2,1H3/t14-/m1/s1. The number of pyridine rings is 1. The van der Waals surface area contributed by atoms with Gasteiger partial charge in [0.1, 0.15) is 6.07 Å². The van der Waals surface area contributed by atoms with Crippen LogP contribution in [0.4, 0.5) is 5.69 Å². The predicted octanol–water partition coefficient (Wildman–Crippen LogP) is 4.49. The molecule has 0 amide bonds. The van der Waals surface area contributed by atoms with Gasteiger partial charge in [0.25, 0.3) is 0 Å². The van der Waals surface area contributed by atoms with Crippen LogP contribution in [0.25, 0.3) is 10.9 Å². The summed E-state index contributed by atoms with van der Waals surface area (Å²) in [5.41, 5.74) is 6.96. The van der Waals surface area contributed by atoms with Crippen LogP contribution in [0, 0.1) is 11.3 Å². The molecule has 2 aromatic rings. The zero-order valence-electron chi connectivity index (χ0n) is 15.1. The van der Waals surface area contributed by atoms with Gasteiger partial charge >= 0.3 is 0 Å². The monoisotopic (exact) mass is 418 g/mol. The highest BCUT2D eigenvalue weighted by molar-refractivity contribution is 9.11. The van der Waals surface area contributed by atoms with E-state index in [1.807, 2.05) is 12.1 Å². The molecule has 1 atom stereocenters. The van der Waals surface area contributed by atoms with E-state index in [1.54, 1.807) is 6.20 Å². The van der Waals surface area contributed by atoms with Crippen molar-refractivity contribution in [1.29, 1.82) is 5.26 Å². The summed E-state index contributed by atoms with van der Waals surface area (Å²) in [5.74, 6) is 0. The van der Waals surface area contributed by atoms with E-state index in [1.165, 1.54) is 27.0 Å². The summed E-state index contributed by atoms with van der Waals surface area (Å²) in [5, 5.41) is 10.5. The van der Waals surface area contributed by atoms with E-state index < -0.39 is 0 Å². The minimum Gasteiger partial charge on any atom is -0.364 e. The smallest absolute Gasteiger partial charge is 0.101 e. The highest BCUT2D eigenvalue weighted by atomic mass is 79.9. The number of aromatic nitrogens is 1. The van der Waals surface area contributed by atoms with Crippen molar-refractivity contribution in [2.45, 2.75) is 19.4 Å². The first-order valence-electron chi connectivity index (χ1n) is 9.24. The van der Waals surface area contributed by atoms with Crippen LogP contribution in [0.5, 0.6) is 0 Å². The van der Waals surface area contributed by atoms with E-state index >= 15 is 0 Å². The van der Waals surface area contributed by atoms with E-state index in [-0.39, 0.29) is 0 Å². The van der Waals surface area contributed by atoms with E-state index in [0.29, 0.717) is 11.6 Å². The zero-order chi connectivity index (χ0) is 18.5. The Bertz CT molecular complexity index is 1090. The molecule has 0 unspecified atom stereocenters. The Morgan fingerprint density at radius 3 is 3.00 bits per heavy atom. The van der Waals surface area contributed by atoms with Gasteiger partial charge in [0, 0.05) is 46.6 Å². The van der Waals surface area contributed by atoms with Gasteiger partial charge in [-0.15, -0.1) is 0 Å². The van der Waals surface area contributed by atoms with Crippen LogP contribution in [0.2, 0.25) is 0 Å². The second kappa shape index (κ2) is 6.24. The molecule has 0 N–H and O–H groups in total. The Labute approximate surface area is 167 Å². The third kappa shape index (κ3) is 2.59. The van der Waals surface area contributed by atoms with Crippen molar-refractivity contribution in [2.24, 2.45) is 0 Å². The topological polar surface area (TPSA) is 43.2 Å². The third-order valence-electron chi connectivity index (χ3n) is 5.80. The first-order valence-corrected chi connectivity index (χ1v) is 10.0. The maximum absolute atomic E-state index is 9.42. The number of hydrogen-bond donors (Lipinski definition) is 0. The van der Waals surface area contributed by atoms with E-state index in [4.69, 9.17) is 0 Å². The highest BCUT2D eigenvalue weighted by Gasteiger charge is 2.36. The second-order valence-corrected chi connectivity index (χ2v) is 8.30. The van der Waals surface area contributed by atoms with Crippen molar-refractivity contribution in [3.63, 3.8) is 0 Å². The number of rotatable bonds is 1. The lowest BCUT2D eigenvalue weighted by molar-refractivity contribution is 0.274. The van der Waals surface area contributed by atoms with Crippen LogP contribution in [-0.4, -0.2) is 35.6 Å². The molecule has 0 radical (unpaired) electrons. The number of benzene rings is 1. The van der Waals surface area contributed by atoms with E-state index in [0.717, 1.165) is 37.0 Å². The zero-order valence-corrected chi connectivity index (χ0v) is 16.7. The molecule has 2 aliphatic heterocycles. The van der Waals surface area contributed by atoms with Gasteiger partial charge in [-0.25, -0.2) is 0 Å². The first kappa shape index (κ1) is 16.6. The molecule has 5 rings (SSSR count). The summed E-state index contributed by atoms with van der Waals surface area (Å²) < 4.78 is 1.19. The molecule has 3 aliphatic rings. The molecule has 27 heavy (non-hydrogen) atoms. The first-order chi connectivity index (χ1) is 13.2. The SMILES string of the molecule is C[C@@H]1CN(c2ccc(C#N)c3ncccc23)CC2=C3CC=C(Br)C=C3CN21. The van der Waals surface area contributed by atoms with Crippen molar-refractivity contribution in [3.05, 3.63) is 69.5 Å². The normalized spacial score (nSPS) is 21.6. The van der Waals surface area contributed by atoms with Crippen molar-refractivity contribution in [3.8, 4) is 6.07 Å². The fourth-order valence-electron chi connectivity index (χ4n) is 4.52. The average molecular weight is 419 g/mol. The van der Waals surface area contributed by atoms with Crippen LogP contribution in [0.1, 0.15) is 18.9 Å². The Morgan fingerprint density at radius 1 is 1.26 bits per heavy atom. The van der Waals surface area contributed by atoms with Gasteiger partial charge < -0.3 is 9.80 Å². The van der Waals surface area contributed by atoms with Crippen molar-refractivity contribution >= 4 is 32.5 Å². The summed E-state index contributed by atoms with van der Waals surface area (Å²) in [4.78, 5) is 9.48. The lowest BCUT2D eigenvalue weighted by atomic mass is 9.98. The number of allylic oxidation sites excluding steroid dienone is 3. The Kier molecular flexibility index (Phi) is 3.84. The molecule has 0 saturated carbocycles. The third-order valence-corrected chi connectivity index (χ3v) is 6.35. The number of nitriles is 1. The molecule has 0 spiro atoms. The van der Waals surface area contributed by atoms with Crippen molar-refractivity contribution in [1.82, 2.24) is 9.88 Å². The van der Waals surface area contributed by atoms with Crippen molar-refractivity contribution in [2.75, 3.05) is 24.5 Å². The predicted molar refractivity (Wildman–Crippen MR) is 112 cm³/mol. The second-order valence-electron chi connectivity index (χ2n) is 7.39. The number of fused-ring (bicyclic) bond motifs is 3. The molecular weight excluding hydrogens is 400 g/mol. The molecule has 1 aromatic carbocycles. The maximum atomic E-state index is 9.42. The van der Waals surface area contributed by atoms with Crippen LogP contribution in [-0.2, 0) is 0 Å². The number of nitrogens with zero attached hydrogens (tertiary/aromatic N) is 4. The quantitative estimate of drug-likeness (QED) is 0.683. The summed E-state index contributed by atoms with van der Waals surface area (Å²) in [6.45, 7) is 5.18. The average Bonchev–Trinajstić information content (AvgIpc) is 3.05. The Balaban J connectivity index is 1.59. The summed E-state index contributed by atoms with van der Waals surface area (Å²) in [6, 6.07) is 10.7. The molecule has 0 bridgehead atoms. The molecule has 1 fully saturated rings. The van der Waals surface area contributed by atoms with Gasteiger partial charge in [-0.2, -0.15) is 5.26 Å². The Morgan fingerprint density at radius 2 is 2.15 bits per heavy atom. The molecule has 134 valence electrons. The Hall–Kier alpha value is -2.58. The summed E-state index contributed by atoms with van der Waals surface area (Å²) in [6.07, 6.45) is 7.27. The highest BCUT2D eigenvalue weighted by Crippen LogP contribution is 2.40. The fourth-order valence-corrected chi connectivity index (χ4v) is 4.96. The molecule has 3 heterocycles. The fraction of sp³-hybridized carbons (Fsp3) is 0.273. The van der Waals surface area contributed by atoms with Crippen LogP contribution < -0.4 is 4.90 Å². The van der Waals surface area contributed by atoms with Gasteiger partial charge in [0.05, 0.1) is 17.6 Å². The van der Waals surface area contributed by atoms with Crippen LogP contribution in [0.15, 0.2) is 63.9 Å². The molecule has 1 saturated heterocycles. The number of piperazine rings is 1.